The zero-order valence-corrected chi connectivity index (χ0v) is 14.7. The number of carbonyl (C=O) groups is 1. The molecule has 128 valence electrons. The standard InChI is InChI=1S/C19H26N4O/c1-4-17-21-18-16(6-5-11-23(18)22-17)20-19(24)14(3)12-15-9-7-13(2)8-10-15/h7-10,14,16H,4-6,11-12H2,1-3H3,(H,20,24). The second-order valence-electron chi connectivity index (χ2n) is 6.76. The first kappa shape index (κ1) is 16.7. The van der Waals surface area contributed by atoms with Gasteiger partial charge in [-0.15, -0.1) is 0 Å². The van der Waals surface area contributed by atoms with Gasteiger partial charge in [-0.1, -0.05) is 43.7 Å². The van der Waals surface area contributed by atoms with Crippen molar-refractivity contribution >= 4 is 5.91 Å². The van der Waals surface area contributed by atoms with Crippen LogP contribution < -0.4 is 5.32 Å². The van der Waals surface area contributed by atoms with E-state index in [4.69, 9.17) is 0 Å². The Bertz CT molecular complexity index is 705. The maximum absolute atomic E-state index is 12.6. The number of hydrogen-bond acceptors (Lipinski definition) is 3. The van der Waals surface area contributed by atoms with E-state index in [-0.39, 0.29) is 17.9 Å². The number of nitrogens with zero attached hydrogens (tertiary/aromatic N) is 3. The molecule has 5 nitrogen and oxygen atoms in total. The molecule has 5 heteroatoms. The number of benzene rings is 1. The molecule has 0 bridgehead atoms. The van der Waals surface area contributed by atoms with Gasteiger partial charge in [-0.05, 0) is 31.7 Å². The van der Waals surface area contributed by atoms with E-state index < -0.39 is 0 Å². The molecule has 1 N–H and O–H groups in total. The zero-order chi connectivity index (χ0) is 17.1. The molecule has 0 saturated heterocycles. The van der Waals surface area contributed by atoms with E-state index in [2.05, 4.69) is 53.5 Å². The van der Waals surface area contributed by atoms with Gasteiger partial charge in [0.15, 0.2) is 5.82 Å². The number of hydrogen-bond donors (Lipinski definition) is 1. The van der Waals surface area contributed by atoms with Crippen LogP contribution >= 0.6 is 0 Å². The second-order valence-corrected chi connectivity index (χ2v) is 6.76. The minimum atomic E-state index is -0.0587. The van der Waals surface area contributed by atoms with Crippen LogP contribution in [-0.4, -0.2) is 20.7 Å². The van der Waals surface area contributed by atoms with Gasteiger partial charge in [0.2, 0.25) is 5.91 Å². The van der Waals surface area contributed by atoms with Crippen LogP contribution in [0.3, 0.4) is 0 Å². The highest BCUT2D eigenvalue weighted by atomic mass is 16.1. The molecule has 1 aliphatic heterocycles. The van der Waals surface area contributed by atoms with Crippen molar-refractivity contribution in [2.24, 2.45) is 5.92 Å². The average molecular weight is 326 g/mol. The van der Waals surface area contributed by atoms with Crippen molar-refractivity contribution in [3.8, 4) is 0 Å². The molecule has 2 heterocycles. The largest absolute Gasteiger partial charge is 0.346 e. The summed E-state index contributed by atoms with van der Waals surface area (Å²) in [6.07, 6.45) is 3.54. The van der Waals surface area contributed by atoms with E-state index in [1.54, 1.807) is 0 Å². The maximum Gasteiger partial charge on any atom is 0.223 e. The summed E-state index contributed by atoms with van der Waals surface area (Å²) in [7, 11) is 0. The van der Waals surface area contributed by atoms with E-state index in [1.165, 1.54) is 11.1 Å². The average Bonchev–Trinajstić information content (AvgIpc) is 3.01. The quantitative estimate of drug-likeness (QED) is 0.919. The van der Waals surface area contributed by atoms with Crippen LogP contribution in [0.4, 0.5) is 0 Å². The maximum atomic E-state index is 12.6. The fraction of sp³-hybridized carbons (Fsp3) is 0.526. The smallest absolute Gasteiger partial charge is 0.223 e. The summed E-state index contributed by atoms with van der Waals surface area (Å²) in [5, 5.41) is 7.68. The van der Waals surface area contributed by atoms with Crippen molar-refractivity contribution in [2.75, 3.05) is 0 Å². The zero-order valence-electron chi connectivity index (χ0n) is 14.7. The van der Waals surface area contributed by atoms with Gasteiger partial charge in [-0.25, -0.2) is 9.67 Å². The highest BCUT2D eigenvalue weighted by Gasteiger charge is 2.27. The Morgan fingerprint density at radius 3 is 2.83 bits per heavy atom. The molecule has 0 aliphatic carbocycles. The molecule has 0 spiro atoms. The lowest BCUT2D eigenvalue weighted by molar-refractivity contribution is -0.125. The molecule has 1 aromatic heterocycles. The number of carbonyl (C=O) groups excluding carboxylic acids is 1. The minimum absolute atomic E-state index is 0.0143. The number of rotatable bonds is 5. The highest BCUT2D eigenvalue weighted by Crippen LogP contribution is 2.24. The second kappa shape index (κ2) is 7.16. The number of aryl methyl sites for hydroxylation is 3. The first-order valence-corrected chi connectivity index (χ1v) is 8.86. The van der Waals surface area contributed by atoms with Gasteiger partial charge in [0.25, 0.3) is 0 Å². The molecule has 2 aromatic rings. The van der Waals surface area contributed by atoms with E-state index in [9.17, 15) is 4.79 Å². The van der Waals surface area contributed by atoms with E-state index in [1.807, 2.05) is 11.6 Å². The topological polar surface area (TPSA) is 59.8 Å². The van der Waals surface area contributed by atoms with Crippen molar-refractivity contribution in [1.82, 2.24) is 20.1 Å². The Labute approximate surface area is 143 Å². The van der Waals surface area contributed by atoms with Crippen molar-refractivity contribution in [1.29, 1.82) is 0 Å². The van der Waals surface area contributed by atoms with Gasteiger partial charge in [0, 0.05) is 18.9 Å². The Morgan fingerprint density at radius 2 is 2.12 bits per heavy atom. The summed E-state index contributed by atoms with van der Waals surface area (Å²) in [6.45, 7) is 7.01. The van der Waals surface area contributed by atoms with E-state index in [0.717, 1.165) is 43.9 Å². The van der Waals surface area contributed by atoms with Crippen molar-refractivity contribution < 1.29 is 4.79 Å². The number of nitrogens with one attached hydrogen (secondary N) is 1. The molecule has 1 amide bonds. The van der Waals surface area contributed by atoms with Crippen LogP contribution in [0.1, 0.15) is 55.5 Å². The van der Waals surface area contributed by atoms with Crippen molar-refractivity contribution in [2.45, 2.75) is 59.0 Å². The molecular formula is C19H26N4O. The Kier molecular flexibility index (Phi) is 4.97. The molecule has 2 atom stereocenters. The summed E-state index contributed by atoms with van der Waals surface area (Å²) in [6, 6.07) is 8.37. The Morgan fingerprint density at radius 1 is 1.38 bits per heavy atom. The lowest BCUT2D eigenvalue weighted by atomic mass is 9.98. The normalized spacial score (nSPS) is 18.0. The molecule has 24 heavy (non-hydrogen) atoms. The highest BCUT2D eigenvalue weighted by molar-refractivity contribution is 5.79. The molecule has 2 unspecified atom stereocenters. The molecule has 0 radical (unpaired) electrons. The summed E-state index contributed by atoms with van der Waals surface area (Å²) in [5.41, 5.74) is 2.44. The summed E-state index contributed by atoms with van der Waals surface area (Å²) in [4.78, 5) is 17.2. The third-order valence-corrected chi connectivity index (χ3v) is 4.66. The van der Waals surface area contributed by atoms with Gasteiger partial charge >= 0.3 is 0 Å². The predicted octanol–water partition coefficient (Wildman–Crippen LogP) is 2.98. The number of fused-ring (bicyclic) bond motifs is 1. The van der Waals surface area contributed by atoms with Crippen LogP contribution in [0.2, 0.25) is 0 Å². The fourth-order valence-electron chi connectivity index (χ4n) is 3.17. The number of aromatic nitrogens is 3. The summed E-state index contributed by atoms with van der Waals surface area (Å²) >= 11 is 0. The van der Waals surface area contributed by atoms with Gasteiger partial charge in [-0.3, -0.25) is 4.79 Å². The fourth-order valence-corrected chi connectivity index (χ4v) is 3.17. The SMILES string of the molecule is CCc1nc2n(n1)CCCC2NC(=O)C(C)Cc1ccc(C)cc1. The first-order chi connectivity index (χ1) is 11.6. The summed E-state index contributed by atoms with van der Waals surface area (Å²) < 4.78 is 1.96. The summed E-state index contributed by atoms with van der Waals surface area (Å²) in [5.74, 6) is 1.81. The van der Waals surface area contributed by atoms with Crippen molar-refractivity contribution in [3.63, 3.8) is 0 Å². The first-order valence-electron chi connectivity index (χ1n) is 8.86. The molecule has 1 aliphatic rings. The lowest BCUT2D eigenvalue weighted by Crippen LogP contribution is -2.36. The van der Waals surface area contributed by atoms with E-state index >= 15 is 0 Å². The van der Waals surface area contributed by atoms with Crippen LogP contribution in [0, 0.1) is 12.8 Å². The molecule has 0 fully saturated rings. The van der Waals surface area contributed by atoms with Crippen LogP contribution in [0.25, 0.3) is 0 Å². The van der Waals surface area contributed by atoms with Gasteiger partial charge in [-0.2, -0.15) is 5.10 Å². The van der Waals surface area contributed by atoms with Gasteiger partial charge < -0.3 is 5.32 Å². The molecule has 0 saturated carbocycles. The molecular weight excluding hydrogens is 300 g/mol. The lowest BCUT2D eigenvalue weighted by Gasteiger charge is -2.24. The third-order valence-electron chi connectivity index (χ3n) is 4.66. The monoisotopic (exact) mass is 326 g/mol. The predicted molar refractivity (Wildman–Crippen MR) is 93.6 cm³/mol. The Hall–Kier alpha value is -2.17. The molecule has 3 rings (SSSR count). The van der Waals surface area contributed by atoms with E-state index in [0.29, 0.717) is 0 Å². The molecule has 1 aromatic carbocycles. The van der Waals surface area contributed by atoms with Crippen LogP contribution in [-0.2, 0) is 24.2 Å². The van der Waals surface area contributed by atoms with Crippen LogP contribution in [0.5, 0.6) is 0 Å². The number of amides is 1. The Balaban J connectivity index is 1.64. The third kappa shape index (κ3) is 3.66. The minimum Gasteiger partial charge on any atom is -0.346 e. The van der Waals surface area contributed by atoms with Gasteiger partial charge in [0.05, 0.1) is 6.04 Å². The van der Waals surface area contributed by atoms with Gasteiger partial charge in [0.1, 0.15) is 5.82 Å². The van der Waals surface area contributed by atoms with Crippen LogP contribution in [0.15, 0.2) is 24.3 Å². The van der Waals surface area contributed by atoms with Crippen molar-refractivity contribution in [3.05, 3.63) is 47.0 Å².